The number of halogens is 3. The van der Waals surface area contributed by atoms with Crippen molar-refractivity contribution >= 4 is 22.8 Å². The van der Waals surface area contributed by atoms with Crippen LogP contribution >= 0.6 is 0 Å². The summed E-state index contributed by atoms with van der Waals surface area (Å²) in [6, 6.07) is 6.43. The Morgan fingerprint density at radius 1 is 1.12 bits per heavy atom. The number of rotatable bonds is 4. The number of alkyl halides is 3. The summed E-state index contributed by atoms with van der Waals surface area (Å²) in [5.41, 5.74) is 6.58. The summed E-state index contributed by atoms with van der Waals surface area (Å²) in [7, 11) is 0. The molecule has 3 rings (SSSR count). The zero-order chi connectivity index (χ0) is 18.9. The van der Waals surface area contributed by atoms with Gasteiger partial charge in [-0.25, -0.2) is 9.97 Å². The number of pyridine rings is 2. The SMILES string of the molecule is CC(C)c1ccc2nc(N)nc(NCc3cccnc3C(F)(F)F)c2n1. The van der Waals surface area contributed by atoms with Gasteiger partial charge in [-0.2, -0.15) is 18.2 Å². The average molecular weight is 362 g/mol. The predicted octanol–water partition coefficient (Wildman–Crippen LogP) is 3.76. The summed E-state index contributed by atoms with van der Waals surface area (Å²) in [4.78, 5) is 16.2. The molecule has 0 spiro atoms. The number of anilines is 2. The minimum atomic E-state index is -4.53. The van der Waals surface area contributed by atoms with E-state index >= 15 is 0 Å². The van der Waals surface area contributed by atoms with Crippen molar-refractivity contribution in [2.24, 2.45) is 0 Å². The lowest BCUT2D eigenvalue weighted by molar-refractivity contribution is -0.141. The van der Waals surface area contributed by atoms with Gasteiger partial charge in [0.2, 0.25) is 5.95 Å². The van der Waals surface area contributed by atoms with Gasteiger partial charge in [0.05, 0.1) is 5.52 Å². The van der Waals surface area contributed by atoms with Gasteiger partial charge in [0.1, 0.15) is 11.2 Å². The number of nitrogens with one attached hydrogen (secondary N) is 1. The lowest BCUT2D eigenvalue weighted by Gasteiger charge is -2.14. The molecular formula is C17H17F3N6. The maximum atomic E-state index is 13.1. The standard InChI is InChI=1S/C17H17F3N6/c1-9(2)11-5-6-12-13(24-11)15(26-16(21)25-12)23-8-10-4-3-7-22-14(10)17(18,19)20/h3-7,9H,8H2,1-2H3,(H3,21,23,25,26). The largest absolute Gasteiger partial charge is 0.433 e. The molecule has 0 fully saturated rings. The minimum absolute atomic E-state index is 0.00495. The number of fused-ring (bicyclic) bond motifs is 1. The number of nitrogens with zero attached hydrogens (tertiary/aromatic N) is 4. The highest BCUT2D eigenvalue weighted by Gasteiger charge is 2.34. The second kappa shape index (κ2) is 6.74. The van der Waals surface area contributed by atoms with Crippen molar-refractivity contribution in [2.45, 2.75) is 32.5 Å². The number of nitrogen functional groups attached to an aromatic ring is 1. The first-order valence-corrected chi connectivity index (χ1v) is 7.95. The van der Waals surface area contributed by atoms with Gasteiger partial charge in [-0.1, -0.05) is 19.9 Å². The van der Waals surface area contributed by atoms with E-state index in [1.807, 2.05) is 19.9 Å². The molecule has 0 aliphatic carbocycles. The van der Waals surface area contributed by atoms with Crippen LogP contribution in [0.3, 0.4) is 0 Å². The molecule has 3 N–H and O–H groups in total. The molecule has 0 amide bonds. The molecule has 0 aliphatic heterocycles. The fraction of sp³-hybridized carbons (Fsp3) is 0.294. The van der Waals surface area contributed by atoms with Crippen molar-refractivity contribution in [1.82, 2.24) is 19.9 Å². The van der Waals surface area contributed by atoms with Crippen LogP contribution in [0, 0.1) is 0 Å². The second-order valence-corrected chi connectivity index (χ2v) is 6.05. The summed E-state index contributed by atoms with van der Waals surface area (Å²) >= 11 is 0. The zero-order valence-electron chi connectivity index (χ0n) is 14.2. The van der Waals surface area contributed by atoms with Gasteiger partial charge >= 0.3 is 6.18 Å². The Balaban J connectivity index is 1.98. The molecule has 9 heteroatoms. The topological polar surface area (TPSA) is 89.6 Å². The van der Waals surface area contributed by atoms with Crippen LogP contribution < -0.4 is 11.1 Å². The fourth-order valence-electron chi connectivity index (χ4n) is 2.51. The summed E-state index contributed by atoms with van der Waals surface area (Å²) in [5.74, 6) is 0.480. The smallest absolute Gasteiger partial charge is 0.368 e. The number of hydrogen-bond acceptors (Lipinski definition) is 6. The quantitative estimate of drug-likeness (QED) is 0.735. The zero-order valence-corrected chi connectivity index (χ0v) is 14.2. The molecule has 0 aromatic carbocycles. The van der Waals surface area contributed by atoms with E-state index in [2.05, 4.69) is 25.3 Å². The van der Waals surface area contributed by atoms with Crippen LogP contribution in [0.1, 0.15) is 36.7 Å². The van der Waals surface area contributed by atoms with Crippen LogP contribution in [-0.2, 0) is 12.7 Å². The highest BCUT2D eigenvalue weighted by Crippen LogP contribution is 2.30. The molecule has 3 aromatic rings. The first kappa shape index (κ1) is 17.8. The maximum Gasteiger partial charge on any atom is 0.433 e. The molecule has 0 bridgehead atoms. The Morgan fingerprint density at radius 3 is 2.58 bits per heavy atom. The van der Waals surface area contributed by atoms with Gasteiger partial charge in [-0.05, 0) is 24.1 Å². The Morgan fingerprint density at radius 2 is 1.88 bits per heavy atom. The fourth-order valence-corrected chi connectivity index (χ4v) is 2.51. The Hall–Kier alpha value is -2.97. The second-order valence-electron chi connectivity index (χ2n) is 6.05. The average Bonchev–Trinajstić information content (AvgIpc) is 2.58. The van der Waals surface area contributed by atoms with E-state index in [4.69, 9.17) is 5.73 Å². The van der Waals surface area contributed by atoms with Gasteiger partial charge in [0, 0.05) is 24.0 Å². The Bertz CT molecular complexity index is 939. The van der Waals surface area contributed by atoms with Crippen LogP contribution in [0.5, 0.6) is 0 Å². The Kier molecular flexibility index (Phi) is 4.62. The van der Waals surface area contributed by atoms with E-state index < -0.39 is 11.9 Å². The molecule has 0 saturated carbocycles. The molecule has 3 heterocycles. The molecule has 0 radical (unpaired) electrons. The number of nitrogens with two attached hydrogens (primary N) is 1. The third-order valence-corrected chi connectivity index (χ3v) is 3.78. The summed E-state index contributed by atoms with van der Waals surface area (Å²) < 4.78 is 39.3. The molecule has 6 nitrogen and oxygen atoms in total. The van der Waals surface area contributed by atoms with E-state index in [-0.39, 0.29) is 29.8 Å². The van der Waals surface area contributed by atoms with E-state index in [9.17, 15) is 13.2 Å². The number of aromatic nitrogens is 4. The lowest BCUT2D eigenvalue weighted by atomic mass is 10.1. The van der Waals surface area contributed by atoms with Crippen molar-refractivity contribution in [3.05, 3.63) is 47.4 Å². The maximum absolute atomic E-state index is 13.1. The molecule has 0 atom stereocenters. The van der Waals surface area contributed by atoms with Crippen LogP contribution in [0.4, 0.5) is 24.9 Å². The summed E-state index contributed by atoms with van der Waals surface area (Å²) in [6.07, 6.45) is -3.42. The summed E-state index contributed by atoms with van der Waals surface area (Å²) in [5, 5.41) is 2.89. The normalized spacial score (nSPS) is 11.9. The monoisotopic (exact) mass is 362 g/mol. The third-order valence-electron chi connectivity index (χ3n) is 3.78. The molecule has 0 saturated heterocycles. The molecule has 136 valence electrons. The van der Waals surface area contributed by atoms with Gasteiger partial charge < -0.3 is 11.1 Å². The minimum Gasteiger partial charge on any atom is -0.368 e. The van der Waals surface area contributed by atoms with E-state index in [0.717, 1.165) is 11.9 Å². The van der Waals surface area contributed by atoms with Crippen molar-refractivity contribution in [3.8, 4) is 0 Å². The van der Waals surface area contributed by atoms with Gasteiger partial charge in [-0.3, -0.25) is 4.98 Å². The first-order valence-electron chi connectivity index (χ1n) is 7.95. The highest BCUT2D eigenvalue weighted by molar-refractivity contribution is 5.86. The van der Waals surface area contributed by atoms with Crippen molar-refractivity contribution in [2.75, 3.05) is 11.1 Å². The van der Waals surface area contributed by atoms with E-state index in [0.29, 0.717) is 11.0 Å². The van der Waals surface area contributed by atoms with Gasteiger partial charge in [-0.15, -0.1) is 0 Å². The third kappa shape index (κ3) is 3.66. The highest BCUT2D eigenvalue weighted by atomic mass is 19.4. The van der Waals surface area contributed by atoms with E-state index in [1.165, 1.54) is 12.1 Å². The van der Waals surface area contributed by atoms with Crippen LogP contribution in [0.25, 0.3) is 11.0 Å². The first-order chi connectivity index (χ1) is 12.3. The lowest BCUT2D eigenvalue weighted by Crippen LogP contribution is -2.15. The molecule has 3 aromatic heterocycles. The van der Waals surface area contributed by atoms with Crippen LogP contribution in [0.2, 0.25) is 0 Å². The van der Waals surface area contributed by atoms with Crippen LogP contribution in [-0.4, -0.2) is 19.9 Å². The molecule has 26 heavy (non-hydrogen) atoms. The van der Waals surface area contributed by atoms with Crippen LogP contribution in [0.15, 0.2) is 30.5 Å². The van der Waals surface area contributed by atoms with Crippen molar-refractivity contribution in [3.63, 3.8) is 0 Å². The predicted molar refractivity (Wildman–Crippen MR) is 92.4 cm³/mol. The van der Waals surface area contributed by atoms with Crippen molar-refractivity contribution < 1.29 is 13.2 Å². The van der Waals surface area contributed by atoms with Gasteiger partial charge in [0.25, 0.3) is 0 Å². The van der Waals surface area contributed by atoms with Gasteiger partial charge in [0.15, 0.2) is 5.82 Å². The molecule has 0 aliphatic rings. The Labute approximate surface area is 147 Å². The van der Waals surface area contributed by atoms with Crippen molar-refractivity contribution in [1.29, 1.82) is 0 Å². The van der Waals surface area contributed by atoms with E-state index in [1.54, 1.807) is 6.07 Å². The summed E-state index contributed by atoms with van der Waals surface area (Å²) in [6.45, 7) is 3.86. The molecule has 0 unspecified atom stereocenters. The molecular weight excluding hydrogens is 345 g/mol. The number of hydrogen-bond donors (Lipinski definition) is 2.